The predicted octanol–water partition coefficient (Wildman–Crippen LogP) is 6.15. The first-order chi connectivity index (χ1) is 19.9. The van der Waals surface area contributed by atoms with E-state index in [9.17, 15) is 18.8 Å². The number of anilines is 1. The van der Waals surface area contributed by atoms with Gasteiger partial charge in [0.2, 0.25) is 0 Å². The molecular formula is C33H27FN2O5. The highest BCUT2D eigenvalue weighted by molar-refractivity contribution is 6.11. The quantitative estimate of drug-likeness (QED) is 0.183. The van der Waals surface area contributed by atoms with Crippen molar-refractivity contribution >= 4 is 35.4 Å². The molecule has 0 radical (unpaired) electrons. The Labute approximate surface area is 236 Å². The third kappa shape index (κ3) is 7.77. The van der Waals surface area contributed by atoms with Gasteiger partial charge in [-0.15, -0.1) is 0 Å². The summed E-state index contributed by atoms with van der Waals surface area (Å²) in [6, 6.07) is 25.7. The molecule has 0 saturated heterocycles. The lowest BCUT2D eigenvalue weighted by molar-refractivity contribution is -0.113. The number of benzene rings is 4. The summed E-state index contributed by atoms with van der Waals surface area (Å²) in [6.45, 7) is 0. The number of rotatable bonds is 10. The number of hydrogen-bond donors (Lipinski definition) is 2. The molecule has 4 aromatic carbocycles. The van der Waals surface area contributed by atoms with Gasteiger partial charge in [-0.05, 0) is 84.4 Å². The van der Waals surface area contributed by atoms with Crippen LogP contribution in [0.3, 0.4) is 0 Å². The van der Waals surface area contributed by atoms with E-state index in [1.54, 1.807) is 91.0 Å². The van der Waals surface area contributed by atoms with Gasteiger partial charge in [-0.3, -0.25) is 14.4 Å². The molecule has 0 fully saturated rings. The summed E-state index contributed by atoms with van der Waals surface area (Å²) in [7, 11) is 3.02. The minimum Gasteiger partial charge on any atom is -0.497 e. The number of methoxy groups -OCH3 is 2. The molecule has 41 heavy (non-hydrogen) atoms. The van der Waals surface area contributed by atoms with Crippen LogP contribution in [-0.2, 0) is 4.79 Å². The fraction of sp³-hybridized carbons (Fsp3) is 0.0606. The molecule has 0 unspecified atom stereocenters. The van der Waals surface area contributed by atoms with Crippen molar-refractivity contribution in [1.29, 1.82) is 0 Å². The van der Waals surface area contributed by atoms with E-state index < -0.39 is 11.8 Å². The molecule has 2 amide bonds. The van der Waals surface area contributed by atoms with Crippen molar-refractivity contribution in [2.24, 2.45) is 0 Å². The SMILES string of the molecule is COc1ccc(OC)c(/C=C(\NC(=O)c2ccccc2)C(=O)Nc2ccc(C(=O)/C=C/c3ccc(F)cc3)cc2)c1. The molecule has 4 aromatic rings. The number of carbonyl (C=O) groups excluding carboxylic acids is 3. The summed E-state index contributed by atoms with van der Waals surface area (Å²) >= 11 is 0. The summed E-state index contributed by atoms with van der Waals surface area (Å²) in [5.74, 6) is -0.654. The van der Waals surface area contributed by atoms with Gasteiger partial charge in [0.25, 0.3) is 11.8 Å². The second-order valence-electron chi connectivity index (χ2n) is 8.77. The number of ketones is 1. The topological polar surface area (TPSA) is 93.7 Å². The smallest absolute Gasteiger partial charge is 0.272 e. The maximum Gasteiger partial charge on any atom is 0.272 e. The van der Waals surface area contributed by atoms with Crippen LogP contribution in [-0.4, -0.2) is 31.8 Å². The molecule has 0 spiro atoms. The summed E-state index contributed by atoms with van der Waals surface area (Å²) in [4.78, 5) is 38.9. The number of allylic oxidation sites excluding steroid dienone is 1. The van der Waals surface area contributed by atoms with E-state index in [0.29, 0.717) is 39.4 Å². The fourth-order valence-electron chi connectivity index (χ4n) is 3.81. The molecule has 0 aliphatic rings. The van der Waals surface area contributed by atoms with Crippen LogP contribution < -0.4 is 20.1 Å². The molecule has 7 nitrogen and oxygen atoms in total. The second-order valence-corrected chi connectivity index (χ2v) is 8.77. The normalized spacial score (nSPS) is 11.1. The van der Waals surface area contributed by atoms with E-state index >= 15 is 0 Å². The zero-order chi connectivity index (χ0) is 29.2. The minimum atomic E-state index is -0.588. The second kappa shape index (κ2) is 13.5. The Hall–Kier alpha value is -5.50. The molecule has 0 aliphatic carbocycles. The maximum absolute atomic E-state index is 13.4. The first-order valence-electron chi connectivity index (χ1n) is 12.6. The molecule has 0 aromatic heterocycles. The van der Waals surface area contributed by atoms with E-state index in [0.717, 1.165) is 0 Å². The van der Waals surface area contributed by atoms with Crippen LogP contribution in [0, 0.1) is 5.82 Å². The molecule has 206 valence electrons. The standard InChI is InChI=1S/C33H27FN2O5/c1-40-28-17-19-31(41-2)25(20-28)21-29(36-32(38)24-6-4-3-5-7-24)33(39)35-27-15-11-23(12-16-27)30(37)18-10-22-8-13-26(34)14-9-22/h3-21H,1-2H3,(H,35,39)(H,36,38)/b18-10+,29-21-. The Morgan fingerprint density at radius 2 is 1.49 bits per heavy atom. The number of carbonyl (C=O) groups is 3. The monoisotopic (exact) mass is 550 g/mol. The zero-order valence-electron chi connectivity index (χ0n) is 22.4. The fourth-order valence-corrected chi connectivity index (χ4v) is 3.81. The van der Waals surface area contributed by atoms with Crippen molar-refractivity contribution in [3.63, 3.8) is 0 Å². The minimum absolute atomic E-state index is 0.0345. The lowest BCUT2D eigenvalue weighted by Gasteiger charge is -2.13. The third-order valence-corrected chi connectivity index (χ3v) is 5.99. The van der Waals surface area contributed by atoms with Crippen molar-refractivity contribution in [1.82, 2.24) is 5.32 Å². The van der Waals surface area contributed by atoms with Gasteiger partial charge in [0.05, 0.1) is 14.2 Å². The summed E-state index contributed by atoms with van der Waals surface area (Å²) in [6.07, 6.45) is 4.48. The van der Waals surface area contributed by atoms with Gasteiger partial charge in [0.15, 0.2) is 5.78 Å². The number of hydrogen-bond acceptors (Lipinski definition) is 5. The molecule has 0 atom stereocenters. The lowest BCUT2D eigenvalue weighted by Crippen LogP contribution is -2.30. The first kappa shape index (κ1) is 28.5. The van der Waals surface area contributed by atoms with E-state index in [2.05, 4.69) is 10.6 Å². The Kier molecular flexibility index (Phi) is 9.41. The van der Waals surface area contributed by atoms with Crippen LogP contribution in [0.1, 0.15) is 31.8 Å². The molecule has 2 N–H and O–H groups in total. The number of amides is 2. The molecule has 0 saturated carbocycles. The van der Waals surface area contributed by atoms with Gasteiger partial charge in [-0.1, -0.05) is 36.4 Å². The van der Waals surface area contributed by atoms with Gasteiger partial charge in [0.1, 0.15) is 23.0 Å². The number of ether oxygens (including phenoxy) is 2. The predicted molar refractivity (Wildman–Crippen MR) is 156 cm³/mol. The van der Waals surface area contributed by atoms with Crippen molar-refractivity contribution in [2.45, 2.75) is 0 Å². The first-order valence-corrected chi connectivity index (χ1v) is 12.6. The molecule has 0 heterocycles. The Balaban J connectivity index is 1.55. The highest BCUT2D eigenvalue weighted by Gasteiger charge is 2.17. The van der Waals surface area contributed by atoms with E-state index in [-0.39, 0.29) is 17.3 Å². The average molecular weight is 551 g/mol. The van der Waals surface area contributed by atoms with Crippen molar-refractivity contribution in [3.8, 4) is 11.5 Å². The van der Waals surface area contributed by atoms with Crippen molar-refractivity contribution in [3.05, 3.63) is 137 Å². The van der Waals surface area contributed by atoms with Crippen LogP contribution in [0.2, 0.25) is 0 Å². The van der Waals surface area contributed by atoms with Crippen molar-refractivity contribution < 1.29 is 28.2 Å². The average Bonchev–Trinajstić information content (AvgIpc) is 3.01. The van der Waals surface area contributed by atoms with Gasteiger partial charge in [-0.2, -0.15) is 0 Å². The lowest BCUT2D eigenvalue weighted by atomic mass is 10.1. The van der Waals surface area contributed by atoms with Gasteiger partial charge in [0, 0.05) is 22.4 Å². The highest BCUT2D eigenvalue weighted by Crippen LogP contribution is 2.26. The third-order valence-electron chi connectivity index (χ3n) is 5.99. The molecule has 0 bridgehead atoms. The molecular weight excluding hydrogens is 523 g/mol. The van der Waals surface area contributed by atoms with Crippen LogP contribution in [0.5, 0.6) is 11.5 Å². The van der Waals surface area contributed by atoms with Gasteiger partial charge >= 0.3 is 0 Å². The highest BCUT2D eigenvalue weighted by atomic mass is 19.1. The molecule has 0 aliphatic heterocycles. The zero-order valence-corrected chi connectivity index (χ0v) is 22.4. The Bertz CT molecular complexity index is 1600. The summed E-state index contributed by atoms with van der Waals surface area (Å²) in [5, 5.41) is 5.44. The maximum atomic E-state index is 13.4. The van der Waals surface area contributed by atoms with Gasteiger partial charge < -0.3 is 20.1 Å². The van der Waals surface area contributed by atoms with E-state index in [4.69, 9.17) is 9.47 Å². The Morgan fingerprint density at radius 3 is 2.15 bits per heavy atom. The summed E-state index contributed by atoms with van der Waals surface area (Å²) in [5.41, 5.74) is 2.35. The molecule has 8 heteroatoms. The van der Waals surface area contributed by atoms with E-state index in [1.165, 1.54) is 38.5 Å². The largest absolute Gasteiger partial charge is 0.497 e. The summed E-state index contributed by atoms with van der Waals surface area (Å²) < 4.78 is 23.8. The van der Waals surface area contributed by atoms with Crippen LogP contribution in [0.15, 0.2) is 109 Å². The number of nitrogens with one attached hydrogen (secondary N) is 2. The van der Waals surface area contributed by atoms with Crippen molar-refractivity contribution in [2.75, 3.05) is 19.5 Å². The van der Waals surface area contributed by atoms with Crippen LogP contribution >= 0.6 is 0 Å². The van der Waals surface area contributed by atoms with E-state index in [1.807, 2.05) is 0 Å². The number of halogens is 1. The van der Waals surface area contributed by atoms with Gasteiger partial charge in [-0.25, -0.2) is 4.39 Å². The molecule has 4 rings (SSSR count). The van der Waals surface area contributed by atoms with Crippen LogP contribution in [0.25, 0.3) is 12.2 Å². The Morgan fingerprint density at radius 1 is 0.780 bits per heavy atom. The van der Waals surface area contributed by atoms with Crippen LogP contribution in [0.4, 0.5) is 10.1 Å².